The van der Waals surface area contributed by atoms with Gasteiger partial charge < -0.3 is 9.83 Å². The quantitative estimate of drug-likeness (QED) is 0.567. The van der Waals surface area contributed by atoms with E-state index in [9.17, 15) is 4.79 Å². The summed E-state index contributed by atoms with van der Waals surface area (Å²) in [4.78, 5) is 16.1. The highest BCUT2D eigenvalue weighted by Gasteiger charge is 2.02. The summed E-state index contributed by atoms with van der Waals surface area (Å²) in [7, 11) is 1.00. The number of pyridine rings is 1. The number of nitrogens with zero attached hydrogens (tertiary/aromatic N) is 1. The number of fused-ring (bicyclic) bond motifs is 1. The van der Waals surface area contributed by atoms with Gasteiger partial charge in [0.1, 0.15) is 6.29 Å². The van der Waals surface area contributed by atoms with E-state index in [2.05, 4.69) is 9.71 Å². The van der Waals surface area contributed by atoms with Gasteiger partial charge in [0.2, 0.25) is 0 Å². The van der Waals surface area contributed by atoms with Crippen molar-refractivity contribution in [3.63, 3.8) is 0 Å². The van der Waals surface area contributed by atoms with Gasteiger partial charge in [-0.05, 0) is 48.3 Å². The number of hydrogen-bond acceptors (Lipinski definition) is 5. The monoisotopic (exact) mass is 312 g/mol. The third kappa shape index (κ3) is 3.84. The highest BCUT2D eigenvalue weighted by Crippen LogP contribution is 2.27. The van der Waals surface area contributed by atoms with Crippen molar-refractivity contribution in [3.05, 3.63) is 66.4 Å². The van der Waals surface area contributed by atoms with Gasteiger partial charge in [0.15, 0.2) is 0 Å². The lowest BCUT2D eigenvalue weighted by Gasteiger charge is -2.07. The predicted molar refractivity (Wildman–Crippen MR) is 91.2 cm³/mol. The summed E-state index contributed by atoms with van der Waals surface area (Å²) in [5, 5.41) is 8.12. The van der Waals surface area contributed by atoms with Crippen LogP contribution >= 0.6 is 11.9 Å². The van der Waals surface area contributed by atoms with E-state index in [1.54, 1.807) is 18.3 Å². The lowest BCUT2D eigenvalue weighted by molar-refractivity contribution is 0.112. The van der Waals surface area contributed by atoms with Crippen LogP contribution in [-0.4, -0.2) is 23.5 Å². The Labute approximate surface area is 133 Å². The molecule has 0 saturated carbocycles. The molecule has 0 aliphatic heterocycles. The second kappa shape index (κ2) is 8.17. The largest absolute Gasteiger partial charge is 0.400 e. The molecule has 0 spiro atoms. The van der Waals surface area contributed by atoms with Gasteiger partial charge in [0, 0.05) is 29.9 Å². The number of benzene rings is 2. The number of rotatable bonds is 4. The highest BCUT2D eigenvalue weighted by molar-refractivity contribution is 8.00. The molecule has 4 nitrogen and oxygen atoms in total. The van der Waals surface area contributed by atoms with Gasteiger partial charge in [0.05, 0.1) is 10.4 Å². The first kappa shape index (κ1) is 16.0. The van der Waals surface area contributed by atoms with Crippen LogP contribution in [0.1, 0.15) is 10.4 Å². The lowest BCUT2D eigenvalue weighted by Crippen LogP contribution is -1.89. The Hall–Kier alpha value is -2.37. The van der Waals surface area contributed by atoms with Gasteiger partial charge >= 0.3 is 0 Å². The van der Waals surface area contributed by atoms with Crippen molar-refractivity contribution in [3.8, 4) is 0 Å². The summed E-state index contributed by atoms with van der Waals surface area (Å²) in [5.41, 5.74) is 2.61. The highest BCUT2D eigenvalue weighted by atomic mass is 32.2. The number of para-hydroxylation sites is 1. The van der Waals surface area contributed by atoms with Crippen LogP contribution in [0.2, 0.25) is 0 Å². The van der Waals surface area contributed by atoms with E-state index in [0.717, 1.165) is 34.9 Å². The molecule has 0 aliphatic rings. The Morgan fingerprint density at radius 3 is 2.50 bits per heavy atom. The normalized spacial score (nSPS) is 9.73. The number of aldehydes is 1. The fourth-order valence-corrected chi connectivity index (χ4v) is 2.68. The van der Waals surface area contributed by atoms with Crippen LogP contribution in [0, 0.1) is 0 Å². The summed E-state index contributed by atoms with van der Waals surface area (Å²) < 4.78 is 3.27. The average molecular weight is 312 g/mol. The van der Waals surface area contributed by atoms with E-state index in [0.29, 0.717) is 5.56 Å². The molecule has 2 aromatic carbocycles. The van der Waals surface area contributed by atoms with E-state index in [-0.39, 0.29) is 0 Å². The Balaban J connectivity index is 0.000000847. The fourth-order valence-electron chi connectivity index (χ4n) is 1.90. The molecule has 1 heterocycles. The lowest BCUT2D eigenvalue weighted by atomic mass is 10.2. The van der Waals surface area contributed by atoms with Gasteiger partial charge in [-0.25, -0.2) is 0 Å². The molecule has 0 bridgehead atoms. The first-order chi connectivity index (χ1) is 10.9. The molecule has 0 aliphatic carbocycles. The SMILES string of the molecule is CO.O=Cc1ccc(NSc2cccc3cccnc23)cc1. The number of carbonyl (C=O) groups excluding carboxylic acids is 1. The zero-order chi connectivity index (χ0) is 15.8. The van der Waals surface area contributed by atoms with E-state index in [1.165, 1.54) is 11.9 Å². The molecule has 0 atom stereocenters. The van der Waals surface area contributed by atoms with Crippen LogP contribution in [0.15, 0.2) is 65.7 Å². The van der Waals surface area contributed by atoms with Crippen LogP contribution in [0.25, 0.3) is 10.9 Å². The van der Waals surface area contributed by atoms with Crippen molar-refractivity contribution in [2.75, 3.05) is 11.8 Å². The summed E-state index contributed by atoms with van der Waals surface area (Å²) in [6, 6.07) is 17.4. The zero-order valence-electron chi connectivity index (χ0n) is 12.1. The van der Waals surface area contributed by atoms with Crippen LogP contribution in [0.3, 0.4) is 0 Å². The molecule has 2 N–H and O–H groups in total. The molecule has 22 heavy (non-hydrogen) atoms. The molecule has 0 saturated heterocycles. The molecular formula is C17H16N2O2S. The summed E-state index contributed by atoms with van der Waals surface area (Å²) >= 11 is 1.52. The maximum atomic E-state index is 10.6. The van der Waals surface area contributed by atoms with Gasteiger partial charge in [-0.3, -0.25) is 9.78 Å². The van der Waals surface area contributed by atoms with E-state index < -0.39 is 0 Å². The Morgan fingerprint density at radius 2 is 1.77 bits per heavy atom. The number of aliphatic hydroxyl groups excluding tert-OH is 1. The predicted octanol–water partition coefficient (Wildman–Crippen LogP) is 3.78. The minimum absolute atomic E-state index is 0.673. The van der Waals surface area contributed by atoms with E-state index >= 15 is 0 Å². The maximum absolute atomic E-state index is 10.6. The summed E-state index contributed by atoms with van der Waals surface area (Å²) in [6.07, 6.45) is 2.64. The molecule has 0 radical (unpaired) electrons. The number of aromatic nitrogens is 1. The Bertz CT molecular complexity index is 740. The molecule has 0 unspecified atom stereocenters. The van der Waals surface area contributed by atoms with Gasteiger partial charge in [0.25, 0.3) is 0 Å². The van der Waals surface area contributed by atoms with E-state index in [4.69, 9.17) is 5.11 Å². The number of carbonyl (C=O) groups is 1. The van der Waals surface area contributed by atoms with Crippen molar-refractivity contribution in [1.29, 1.82) is 0 Å². The smallest absolute Gasteiger partial charge is 0.150 e. The second-order valence-corrected chi connectivity index (χ2v) is 5.12. The van der Waals surface area contributed by atoms with Crippen molar-refractivity contribution < 1.29 is 9.90 Å². The molecule has 0 amide bonds. The molecule has 5 heteroatoms. The Morgan fingerprint density at radius 1 is 1.05 bits per heavy atom. The van der Waals surface area contributed by atoms with Crippen LogP contribution in [0.5, 0.6) is 0 Å². The molecular weight excluding hydrogens is 296 g/mol. The molecule has 112 valence electrons. The number of anilines is 1. The van der Waals surface area contributed by atoms with Crippen molar-refractivity contribution >= 4 is 34.8 Å². The van der Waals surface area contributed by atoms with Gasteiger partial charge in [-0.15, -0.1) is 0 Å². The third-order valence-electron chi connectivity index (χ3n) is 2.92. The second-order valence-electron chi connectivity index (χ2n) is 4.28. The van der Waals surface area contributed by atoms with Crippen molar-refractivity contribution in [2.45, 2.75) is 4.90 Å². The minimum atomic E-state index is 0.673. The average Bonchev–Trinajstić information content (AvgIpc) is 2.62. The molecule has 3 rings (SSSR count). The van der Waals surface area contributed by atoms with Gasteiger partial charge in [-0.2, -0.15) is 0 Å². The zero-order valence-corrected chi connectivity index (χ0v) is 12.9. The summed E-state index contributed by atoms with van der Waals surface area (Å²) in [5.74, 6) is 0. The van der Waals surface area contributed by atoms with Crippen LogP contribution < -0.4 is 4.72 Å². The number of aliphatic hydroxyl groups is 1. The fraction of sp³-hybridized carbons (Fsp3) is 0.0588. The first-order valence-electron chi connectivity index (χ1n) is 6.63. The maximum Gasteiger partial charge on any atom is 0.150 e. The standard InChI is InChI=1S/C16H12N2OS.CH4O/c19-11-12-6-8-14(9-7-12)18-20-15-5-1-3-13-4-2-10-17-16(13)15;1-2/h1-11,18H;2H,1H3. The number of nitrogens with one attached hydrogen (secondary N) is 1. The van der Waals surface area contributed by atoms with E-state index in [1.807, 2.05) is 42.5 Å². The Kier molecular flexibility index (Phi) is 5.94. The minimum Gasteiger partial charge on any atom is -0.400 e. The first-order valence-corrected chi connectivity index (χ1v) is 7.45. The molecule has 3 aromatic rings. The molecule has 1 aromatic heterocycles. The van der Waals surface area contributed by atoms with Gasteiger partial charge in [-0.1, -0.05) is 18.2 Å². The summed E-state index contributed by atoms with van der Waals surface area (Å²) in [6.45, 7) is 0. The van der Waals surface area contributed by atoms with Crippen molar-refractivity contribution in [2.24, 2.45) is 0 Å². The topological polar surface area (TPSA) is 62.2 Å². The van der Waals surface area contributed by atoms with Crippen LogP contribution in [-0.2, 0) is 0 Å². The van der Waals surface area contributed by atoms with Crippen LogP contribution in [0.4, 0.5) is 5.69 Å². The number of hydrogen-bond donors (Lipinski definition) is 2. The van der Waals surface area contributed by atoms with Crippen molar-refractivity contribution in [1.82, 2.24) is 4.98 Å². The third-order valence-corrected chi connectivity index (χ3v) is 3.81. The molecule has 0 fully saturated rings.